The second-order valence-electron chi connectivity index (χ2n) is 6.70. The second-order valence-corrected chi connectivity index (χ2v) is 8.05. The third-order valence-corrected chi connectivity index (χ3v) is 5.64. The van der Waals surface area contributed by atoms with Crippen LogP contribution in [0, 0.1) is 0 Å². The molecule has 0 unspecified atom stereocenters. The van der Waals surface area contributed by atoms with Crippen LogP contribution < -0.4 is 10.6 Å². The van der Waals surface area contributed by atoms with E-state index in [4.69, 9.17) is 11.6 Å². The van der Waals surface area contributed by atoms with E-state index in [1.807, 2.05) is 12.1 Å². The van der Waals surface area contributed by atoms with Crippen LogP contribution in [0.25, 0.3) is 0 Å². The highest BCUT2D eigenvalue weighted by atomic mass is 35.5. The van der Waals surface area contributed by atoms with Crippen molar-refractivity contribution in [3.63, 3.8) is 0 Å². The number of amides is 1. The van der Waals surface area contributed by atoms with Crippen LogP contribution in [-0.2, 0) is 4.79 Å². The Labute approximate surface area is 180 Å². The Kier molecular flexibility index (Phi) is 8.46. The molecule has 0 aliphatic rings. The quantitative estimate of drug-likeness (QED) is 0.311. The van der Waals surface area contributed by atoms with Gasteiger partial charge in [-0.15, -0.1) is 21.8 Å². The Morgan fingerprint density at radius 2 is 1.55 bits per heavy atom. The summed E-state index contributed by atoms with van der Waals surface area (Å²) in [6.45, 7) is 0.757. The second kappa shape index (κ2) is 11.5. The minimum Gasteiger partial charge on any atom is -0.360 e. The highest BCUT2D eigenvalue weighted by Crippen LogP contribution is 2.28. The predicted octanol–water partition coefficient (Wildman–Crippen LogP) is 5.52. The molecule has 3 aromatic rings. The molecule has 0 atom stereocenters. The molecule has 0 aliphatic carbocycles. The lowest BCUT2D eigenvalue weighted by Crippen LogP contribution is -2.10. The van der Waals surface area contributed by atoms with Crippen LogP contribution in [0.5, 0.6) is 0 Å². The number of unbranched alkanes of at least 4 members (excludes halogenated alkanes) is 1. The predicted molar refractivity (Wildman–Crippen MR) is 121 cm³/mol. The third kappa shape index (κ3) is 6.84. The highest BCUT2D eigenvalue weighted by molar-refractivity contribution is 7.19. The highest BCUT2D eigenvalue weighted by Gasteiger charge is 2.14. The zero-order chi connectivity index (χ0) is 20.3. The maximum atomic E-state index is 11.9. The van der Waals surface area contributed by atoms with E-state index in [9.17, 15) is 4.79 Å². The smallest absolute Gasteiger partial charge is 0.226 e. The molecule has 1 heterocycles. The van der Waals surface area contributed by atoms with Crippen LogP contribution in [0.1, 0.15) is 42.7 Å². The first-order valence-corrected chi connectivity index (χ1v) is 11.1. The van der Waals surface area contributed by atoms with E-state index < -0.39 is 0 Å². The van der Waals surface area contributed by atoms with Gasteiger partial charge in [0.25, 0.3) is 0 Å². The van der Waals surface area contributed by atoms with Crippen molar-refractivity contribution in [1.82, 2.24) is 10.2 Å². The first-order valence-electron chi connectivity index (χ1n) is 9.79. The van der Waals surface area contributed by atoms with Crippen molar-refractivity contribution in [2.45, 2.75) is 31.6 Å². The van der Waals surface area contributed by atoms with Crippen molar-refractivity contribution in [2.24, 2.45) is 0 Å². The van der Waals surface area contributed by atoms with E-state index in [-0.39, 0.29) is 5.91 Å². The normalized spacial score (nSPS) is 10.8. The maximum Gasteiger partial charge on any atom is 0.226 e. The molecule has 0 bridgehead atoms. The summed E-state index contributed by atoms with van der Waals surface area (Å²) in [5.41, 5.74) is 2.59. The van der Waals surface area contributed by atoms with Gasteiger partial charge in [-0.1, -0.05) is 72.0 Å². The molecule has 1 amide bonds. The number of hydrogen-bond donors (Lipinski definition) is 2. The van der Waals surface area contributed by atoms with Crippen molar-refractivity contribution < 1.29 is 4.79 Å². The number of nitrogens with one attached hydrogen (secondary N) is 2. The molecule has 0 spiro atoms. The largest absolute Gasteiger partial charge is 0.360 e. The SMILES string of the molecule is O=C(CCCCCl)Nc1nnc(NCCC(c2ccccc2)c2ccccc2)s1. The molecule has 29 heavy (non-hydrogen) atoms. The summed E-state index contributed by atoms with van der Waals surface area (Å²) < 4.78 is 0. The molecule has 5 nitrogen and oxygen atoms in total. The Balaban J connectivity index is 1.54. The van der Waals surface area contributed by atoms with Crippen LogP contribution in [0.4, 0.5) is 10.3 Å². The molecule has 2 N–H and O–H groups in total. The van der Waals surface area contributed by atoms with Gasteiger partial charge in [0, 0.05) is 24.8 Å². The number of hydrogen-bond acceptors (Lipinski definition) is 5. The molecule has 152 valence electrons. The van der Waals surface area contributed by atoms with E-state index in [1.54, 1.807) is 0 Å². The topological polar surface area (TPSA) is 66.9 Å². The van der Waals surface area contributed by atoms with Gasteiger partial charge in [0.2, 0.25) is 16.2 Å². The minimum atomic E-state index is -0.0500. The summed E-state index contributed by atoms with van der Waals surface area (Å²) in [7, 11) is 0. The molecule has 3 rings (SSSR count). The van der Waals surface area contributed by atoms with E-state index in [0.717, 1.165) is 25.8 Å². The van der Waals surface area contributed by atoms with Gasteiger partial charge in [0.15, 0.2) is 0 Å². The fourth-order valence-electron chi connectivity index (χ4n) is 3.13. The van der Waals surface area contributed by atoms with Gasteiger partial charge in [-0.2, -0.15) is 0 Å². The molecule has 0 aliphatic heterocycles. The number of rotatable bonds is 11. The number of carbonyl (C=O) groups is 1. The summed E-state index contributed by atoms with van der Waals surface area (Å²) in [6.07, 6.45) is 2.99. The molecule has 0 radical (unpaired) electrons. The molecular weight excluding hydrogens is 404 g/mol. The molecule has 0 fully saturated rings. The number of halogens is 1. The molecule has 1 aromatic heterocycles. The zero-order valence-corrected chi connectivity index (χ0v) is 17.8. The van der Waals surface area contributed by atoms with Crippen LogP contribution in [0.3, 0.4) is 0 Å². The van der Waals surface area contributed by atoms with E-state index in [0.29, 0.717) is 28.5 Å². The first kappa shape index (κ1) is 21.3. The van der Waals surface area contributed by atoms with Crippen LogP contribution >= 0.6 is 22.9 Å². The van der Waals surface area contributed by atoms with Crippen molar-refractivity contribution in [3.05, 3.63) is 71.8 Å². The zero-order valence-electron chi connectivity index (χ0n) is 16.2. The third-order valence-electron chi connectivity index (χ3n) is 4.57. The van der Waals surface area contributed by atoms with Crippen LogP contribution in [0.15, 0.2) is 60.7 Å². The summed E-state index contributed by atoms with van der Waals surface area (Å²) in [4.78, 5) is 11.9. The standard InChI is InChI=1S/C22H25ClN4OS/c23-15-8-7-13-20(28)25-22-27-26-21(29-22)24-16-14-19(17-9-3-1-4-10-17)18-11-5-2-6-12-18/h1-6,9-12,19H,7-8,13-16H2,(H,24,26)(H,25,27,28). The van der Waals surface area contributed by atoms with Gasteiger partial charge in [0.05, 0.1) is 0 Å². The lowest BCUT2D eigenvalue weighted by Gasteiger charge is -2.18. The number of benzene rings is 2. The van der Waals surface area contributed by atoms with Crippen LogP contribution in [0.2, 0.25) is 0 Å². The Morgan fingerprint density at radius 1 is 0.931 bits per heavy atom. The molecule has 2 aromatic carbocycles. The number of anilines is 2. The summed E-state index contributed by atoms with van der Waals surface area (Å²) >= 11 is 6.99. The van der Waals surface area contributed by atoms with Crippen molar-refractivity contribution in [2.75, 3.05) is 23.1 Å². The average molecular weight is 429 g/mol. The minimum absolute atomic E-state index is 0.0500. The van der Waals surface area contributed by atoms with Gasteiger partial charge < -0.3 is 10.6 Å². The van der Waals surface area contributed by atoms with E-state index in [1.165, 1.54) is 22.5 Å². The van der Waals surface area contributed by atoms with Crippen molar-refractivity contribution in [1.29, 1.82) is 0 Å². The van der Waals surface area contributed by atoms with Gasteiger partial charge in [-0.05, 0) is 30.4 Å². The van der Waals surface area contributed by atoms with E-state index >= 15 is 0 Å². The first-order chi connectivity index (χ1) is 14.3. The van der Waals surface area contributed by atoms with Gasteiger partial charge in [-0.25, -0.2) is 0 Å². The number of nitrogens with zero attached hydrogens (tertiary/aromatic N) is 2. The summed E-state index contributed by atoms with van der Waals surface area (Å²) in [5, 5.41) is 15.5. The van der Waals surface area contributed by atoms with Crippen molar-refractivity contribution in [3.8, 4) is 0 Å². The fourth-order valence-corrected chi connectivity index (χ4v) is 4.00. The molecule has 0 saturated carbocycles. The number of aromatic nitrogens is 2. The monoisotopic (exact) mass is 428 g/mol. The lowest BCUT2D eigenvalue weighted by molar-refractivity contribution is -0.116. The Bertz CT molecular complexity index is 833. The summed E-state index contributed by atoms with van der Waals surface area (Å²) in [5.74, 6) is 0.831. The maximum absolute atomic E-state index is 11.9. The Hall–Kier alpha value is -2.44. The number of carbonyl (C=O) groups excluding carboxylic acids is 1. The summed E-state index contributed by atoms with van der Waals surface area (Å²) in [6, 6.07) is 21.0. The van der Waals surface area contributed by atoms with Crippen molar-refractivity contribution >= 4 is 39.1 Å². The number of alkyl halides is 1. The molecular formula is C22H25ClN4OS. The lowest BCUT2D eigenvalue weighted by atomic mass is 9.88. The average Bonchev–Trinajstić information content (AvgIpc) is 3.20. The van der Waals surface area contributed by atoms with Gasteiger partial charge >= 0.3 is 0 Å². The van der Waals surface area contributed by atoms with E-state index in [2.05, 4.69) is 69.4 Å². The Morgan fingerprint density at radius 3 is 2.17 bits per heavy atom. The van der Waals surface area contributed by atoms with Gasteiger partial charge in [0.1, 0.15) is 0 Å². The van der Waals surface area contributed by atoms with Gasteiger partial charge in [-0.3, -0.25) is 4.79 Å². The fraction of sp³-hybridized carbons (Fsp3) is 0.318. The van der Waals surface area contributed by atoms with Crippen LogP contribution in [-0.4, -0.2) is 28.5 Å². The molecule has 0 saturated heterocycles. The molecule has 7 heteroatoms.